The zero-order valence-electron chi connectivity index (χ0n) is 7.93. The van der Waals surface area contributed by atoms with E-state index < -0.39 is 0 Å². The summed E-state index contributed by atoms with van der Waals surface area (Å²) in [6, 6.07) is 5.29. The molecule has 0 aromatic heterocycles. The minimum Gasteiger partial charge on any atom is -0.393 e. The Bertz CT molecular complexity index is 302. The molecule has 1 aromatic rings. The third-order valence-electron chi connectivity index (χ3n) is 1.81. The Kier molecular flexibility index (Phi) is 4.52. The Morgan fingerprint density at radius 1 is 1.43 bits per heavy atom. The second kappa shape index (κ2) is 5.44. The van der Waals surface area contributed by atoms with Crippen molar-refractivity contribution in [3.8, 4) is 0 Å². The van der Waals surface area contributed by atoms with E-state index in [-0.39, 0.29) is 6.10 Å². The maximum absolute atomic E-state index is 9.05. The van der Waals surface area contributed by atoms with Crippen LogP contribution in [0, 0.1) is 0 Å². The van der Waals surface area contributed by atoms with Crippen LogP contribution in [0.4, 0.5) is 5.69 Å². The molecule has 1 unspecified atom stereocenters. The van der Waals surface area contributed by atoms with E-state index in [1.165, 1.54) is 0 Å². The van der Waals surface area contributed by atoms with Crippen molar-refractivity contribution >= 4 is 28.9 Å². The van der Waals surface area contributed by atoms with Gasteiger partial charge in [-0.15, -0.1) is 0 Å². The standard InChI is InChI=1S/C10H13Cl2NO/c1-7(14)4-5-13-10-3-2-8(11)6-9(10)12/h2-3,6-7,13-14H,4-5H2,1H3. The second-order valence-electron chi connectivity index (χ2n) is 3.19. The highest BCUT2D eigenvalue weighted by atomic mass is 35.5. The quantitative estimate of drug-likeness (QED) is 0.838. The van der Waals surface area contributed by atoms with Crippen molar-refractivity contribution in [3.63, 3.8) is 0 Å². The predicted molar refractivity (Wildman–Crippen MR) is 61.2 cm³/mol. The Labute approximate surface area is 93.8 Å². The van der Waals surface area contributed by atoms with Gasteiger partial charge in [-0.05, 0) is 31.5 Å². The number of anilines is 1. The molecule has 0 spiro atoms. The van der Waals surface area contributed by atoms with Gasteiger partial charge >= 0.3 is 0 Å². The van der Waals surface area contributed by atoms with Crippen molar-refractivity contribution in [3.05, 3.63) is 28.2 Å². The van der Waals surface area contributed by atoms with Crippen molar-refractivity contribution in [1.29, 1.82) is 0 Å². The van der Waals surface area contributed by atoms with E-state index >= 15 is 0 Å². The zero-order valence-corrected chi connectivity index (χ0v) is 9.44. The molecule has 0 saturated heterocycles. The summed E-state index contributed by atoms with van der Waals surface area (Å²) >= 11 is 11.7. The van der Waals surface area contributed by atoms with Crippen LogP contribution in [0.25, 0.3) is 0 Å². The highest BCUT2D eigenvalue weighted by molar-refractivity contribution is 6.36. The van der Waals surface area contributed by atoms with Crippen molar-refractivity contribution in [2.75, 3.05) is 11.9 Å². The number of rotatable bonds is 4. The Hall–Kier alpha value is -0.440. The van der Waals surface area contributed by atoms with Crippen LogP contribution in [0.5, 0.6) is 0 Å². The van der Waals surface area contributed by atoms with Crippen LogP contribution in [0.2, 0.25) is 10.0 Å². The minimum atomic E-state index is -0.298. The molecule has 0 fully saturated rings. The van der Waals surface area contributed by atoms with E-state index in [4.69, 9.17) is 28.3 Å². The van der Waals surface area contributed by atoms with E-state index in [0.29, 0.717) is 23.0 Å². The number of halogens is 2. The van der Waals surface area contributed by atoms with Crippen molar-refractivity contribution in [2.45, 2.75) is 19.4 Å². The predicted octanol–water partition coefficient (Wildman–Crippen LogP) is 3.18. The first-order valence-electron chi connectivity index (χ1n) is 4.46. The van der Waals surface area contributed by atoms with Crippen LogP contribution in [-0.2, 0) is 0 Å². The fraction of sp³-hybridized carbons (Fsp3) is 0.400. The van der Waals surface area contributed by atoms with Crippen LogP contribution < -0.4 is 5.32 Å². The number of hydrogen-bond donors (Lipinski definition) is 2. The monoisotopic (exact) mass is 233 g/mol. The van der Waals surface area contributed by atoms with E-state index in [2.05, 4.69) is 5.32 Å². The van der Waals surface area contributed by atoms with Gasteiger partial charge in [0.15, 0.2) is 0 Å². The Balaban J connectivity index is 2.51. The summed E-state index contributed by atoms with van der Waals surface area (Å²) in [4.78, 5) is 0. The molecule has 0 bridgehead atoms. The van der Waals surface area contributed by atoms with Crippen LogP contribution in [0.15, 0.2) is 18.2 Å². The van der Waals surface area contributed by atoms with E-state index in [1.54, 1.807) is 19.1 Å². The molecule has 0 aliphatic heterocycles. The summed E-state index contributed by atoms with van der Waals surface area (Å²) in [7, 11) is 0. The largest absolute Gasteiger partial charge is 0.393 e. The van der Waals surface area contributed by atoms with Gasteiger partial charge in [0, 0.05) is 11.6 Å². The van der Waals surface area contributed by atoms with Crippen LogP contribution in [-0.4, -0.2) is 17.8 Å². The normalized spacial score (nSPS) is 12.6. The average molecular weight is 234 g/mol. The number of benzene rings is 1. The van der Waals surface area contributed by atoms with Gasteiger partial charge in [0.1, 0.15) is 0 Å². The molecule has 2 nitrogen and oxygen atoms in total. The zero-order chi connectivity index (χ0) is 10.6. The first kappa shape index (κ1) is 11.6. The molecule has 0 heterocycles. The lowest BCUT2D eigenvalue weighted by Crippen LogP contribution is -2.09. The molecule has 0 aliphatic carbocycles. The average Bonchev–Trinajstić information content (AvgIpc) is 2.08. The van der Waals surface area contributed by atoms with Crippen LogP contribution in [0.1, 0.15) is 13.3 Å². The van der Waals surface area contributed by atoms with Gasteiger partial charge in [-0.1, -0.05) is 23.2 Å². The van der Waals surface area contributed by atoms with Gasteiger partial charge in [-0.3, -0.25) is 0 Å². The molecule has 0 saturated carbocycles. The molecule has 14 heavy (non-hydrogen) atoms. The fourth-order valence-electron chi connectivity index (χ4n) is 1.05. The number of aliphatic hydroxyl groups excluding tert-OH is 1. The van der Waals surface area contributed by atoms with Crippen molar-refractivity contribution in [2.24, 2.45) is 0 Å². The summed E-state index contributed by atoms with van der Waals surface area (Å²) in [6.07, 6.45) is 0.396. The highest BCUT2D eigenvalue weighted by Crippen LogP contribution is 2.25. The lowest BCUT2D eigenvalue weighted by Gasteiger charge is -2.09. The Morgan fingerprint density at radius 3 is 2.71 bits per heavy atom. The summed E-state index contributed by atoms with van der Waals surface area (Å²) < 4.78 is 0. The maximum Gasteiger partial charge on any atom is 0.0652 e. The van der Waals surface area contributed by atoms with Crippen LogP contribution >= 0.6 is 23.2 Å². The third kappa shape index (κ3) is 3.74. The van der Waals surface area contributed by atoms with E-state index in [0.717, 1.165) is 5.69 Å². The first-order chi connectivity index (χ1) is 6.59. The molecule has 78 valence electrons. The van der Waals surface area contributed by atoms with Crippen molar-refractivity contribution in [1.82, 2.24) is 0 Å². The lowest BCUT2D eigenvalue weighted by molar-refractivity contribution is 0.189. The van der Waals surface area contributed by atoms with E-state index in [1.807, 2.05) is 6.07 Å². The van der Waals surface area contributed by atoms with Gasteiger partial charge in [-0.2, -0.15) is 0 Å². The van der Waals surface area contributed by atoms with Gasteiger partial charge in [0.2, 0.25) is 0 Å². The van der Waals surface area contributed by atoms with E-state index in [9.17, 15) is 0 Å². The summed E-state index contributed by atoms with van der Waals surface area (Å²) in [6.45, 7) is 2.45. The molecule has 1 aromatic carbocycles. The van der Waals surface area contributed by atoms with Crippen LogP contribution in [0.3, 0.4) is 0 Å². The molecule has 0 radical (unpaired) electrons. The second-order valence-corrected chi connectivity index (χ2v) is 4.03. The van der Waals surface area contributed by atoms with Gasteiger partial charge < -0.3 is 10.4 Å². The number of aliphatic hydroxyl groups is 1. The summed E-state index contributed by atoms with van der Waals surface area (Å²) in [5.41, 5.74) is 0.844. The van der Waals surface area contributed by atoms with Gasteiger partial charge in [-0.25, -0.2) is 0 Å². The minimum absolute atomic E-state index is 0.298. The molecule has 4 heteroatoms. The van der Waals surface area contributed by atoms with Gasteiger partial charge in [0.05, 0.1) is 16.8 Å². The lowest BCUT2D eigenvalue weighted by atomic mass is 10.2. The Morgan fingerprint density at radius 2 is 2.14 bits per heavy atom. The SMILES string of the molecule is CC(O)CCNc1ccc(Cl)cc1Cl. The molecular formula is C10H13Cl2NO. The third-order valence-corrected chi connectivity index (χ3v) is 2.36. The summed E-state index contributed by atoms with van der Waals surface area (Å²) in [5, 5.41) is 13.4. The maximum atomic E-state index is 9.05. The topological polar surface area (TPSA) is 32.3 Å². The highest BCUT2D eigenvalue weighted by Gasteiger charge is 2.01. The van der Waals surface area contributed by atoms with Gasteiger partial charge in [0.25, 0.3) is 0 Å². The number of nitrogens with one attached hydrogen (secondary N) is 1. The fourth-order valence-corrected chi connectivity index (χ4v) is 1.52. The van der Waals surface area contributed by atoms with Crippen molar-refractivity contribution < 1.29 is 5.11 Å². The molecule has 2 N–H and O–H groups in total. The molecule has 0 amide bonds. The number of hydrogen-bond acceptors (Lipinski definition) is 2. The molecular weight excluding hydrogens is 221 g/mol. The first-order valence-corrected chi connectivity index (χ1v) is 5.22. The molecule has 1 atom stereocenters. The molecule has 0 aliphatic rings. The molecule has 1 rings (SSSR count). The smallest absolute Gasteiger partial charge is 0.0652 e. The summed E-state index contributed by atoms with van der Waals surface area (Å²) in [5.74, 6) is 0.